The molecular formula is C17H22N2O2. The van der Waals surface area contributed by atoms with Crippen molar-refractivity contribution in [3.63, 3.8) is 0 Å². The average molecular weight is 286 g/mol. The van der Waals surface area contributed by atoms with Crippen molar-refractivity contribution in [3.8, 4) is 0 Å². The van der Waals surface area contributed by atoms with E-state index in [1.807, 2.05) is 12.5 Å². The van der Waals surface area contributed by atoms with E-state index in [0.29, 0.717) is 0 Å². The summed E-state index contributed by atoms with van der Waals surface area (Å²) in [4.78, 5) is 4.09. The number of aryl methyl sites for hydroxylation is 2. The second-order valence-corrected chi connectivity index (χ2v) is 5.68. The molecule has 3 rings (SSSR count). The molecule has 0 unspecified atom stereocenters. The molecule has 1 saturated heterocycles. The van der Waals surface area contributed by atoms with E-state index >= 15 is 0 Å². The van der Waals surface area contributed by atoms with Gasteiger partial charge in [0.1, 0.15) is 0 Å². The van der Waals surface area contributed by atoms with E-state index < -0.39 is 5.79 Å². The molecule has 112 valence electrons. The summed E-state index contributed by atoms with van der Waals surface area (Å²) in [5, 5.41) is 0. The normalized spacial score (nSPS) is 17.8. The third-order valence-corrected chi connectivity index (χ3v) is 3.88. The maximum Gasteiger partial charge on any atom is 0.173 e. The van der Waals surface area contributed by atoms with E-state index in [9.17, 15) is 0 Å². The zero-order chi connectivity index (χ0) is 14.5. The molecule has 0 spiro atoms. The molecule has 0 N–H and O–H groups in total. The topological polar surface area (TPSA) is 36.3 Å². The minimum absolute atomic E-state index is 0.504. The van der Waals surface area contributed by atoms with Gasteiger partial charge in [-0.25, -0.2) is 4.98 Å². The van der Waals surface area contributed by atoms with Gasteiger partial charge in [0.15, 0.2) is 5.79 Å². The van der Waals surface area contributed by atoms with Crippen molar-refractivity contribution in [2.45, 2.75) is 38.5 Å². The van der Waals surface area contributed by atoms with Gasteiger partial charge < -0.3 is 14.0 Å². The molecule has 0 bridgehead atoms. The van der Waals surface area contributed by atoms with Crippen LogP contribution in [0.2, 0.25) is 0 Å². The molecule has 21 heavy (non-hydrogen) atoms. The van der Waals surface area contributed by atoms with Crippen molar-refractivity contribution in [1.82, 2.24) is 9.55 Å². The predicted octanol–water partition coefficient (Wildman–Crippen LogP) is 2.96. The number of nitrogens with zero attached hydrogens (tertiary/aromatic N) is 2. The molecule has 2 aromatic rings. The van der Waals surface area contributed by atoms with Crippen LogP contribution in [0.15, 0.2) is 43.0 Å². The Labute approximate surface area is 125 Å². The highest BCUT2D eigenvalue weighted by atomic mass is 16.7. The van der Waals surface area contributed by atoms with Crippen molar-refractivity contribution in [3.05, 3.63) is 54.1 Å². The first-order valence-corrected chi connectivity index (χ1v) is 7.55. The van der Waals surface area contributed by atoms with Crippen LogP contribution in [0.4, 0.5) is 0 Å². The lowest BCUT2D eigenvalue weighted by molar-refractivity contribution is -0.270. The maximum atomic E-state index is 6.05. The van der Waals surface area contributed by atoms with Crippen LogP contribution in [-0.4, -0.2) is 28.6 Å². The summed E-state index contributed by atoms with van der Waals surface area (Å²) in [7, 11) is 0. The Balaban J connectivity index is 1.72. The predicted molar refractivity (Wildman–Crippen MR) is 81.0 cm³/mol. The molecule has 1 aromatic carbocycles. The van der Waals surface area contributed by atoms with Crippen LogP contribution in [0.5, 0.6) is 0 Å². The molecule has 0 amide bonds. The van der Waals surface area contributed by atoms with E-state index in [4.69, 9.17) is 9.47 Å². The van der Waals surface area contributed by atoms with Gasteiger partial charge in [0, 0.05) is 31.8 Å². The van der Waals surface area contributed by atoms with Crippen LogP contribution >= 0.6 is 0 Å². The van der Waals surface area contributed by atoms with Gasteiger partial charge in [0.05, 0.1) is 19.5 Å². The monoisotopic (exact) mass is 286 g/mol. The number of hydrogen-bond donors (Lipinski definition) is 0. The summed E-state index contributed by atoms with van der Waals surface area (Å²) in [6.45, 7) is 4.52. The lowest BCUT2D eigenvalue weighted by Crippen LogP contribution is -2.43. The molecule has 0 aliphatic carbocycles. The van der Waals surface area contributed by atoms with E-state index in [1.54, 1.807) is 6.20 Å². The molecule has 1 fully saturated rings. The molecule has 1 aromatic heterocycles. The van der Waals surface area contributed by atoms with Crippen molar-refractivity contribution in [1.29, 1.82) is 0 Å². The fraction of sp³-hybridized carbons (Fsp3) is 0.471. The Morgan fingerprint density at radius 2 is 2.14 bits per heavy atom. The van der Waals surface area contributed by atoms with Crippen LogP contribution in [0.1, 0.15) is 24.0 Å². The Bertz CT molecular complexity index is 560. The second kappa shape index (κ2) is 6.41. The highest BCUT2D eigenvalue weighted by Gasteiger charge is 2.34. The van der Waals surface area contributed by atoms with Gasteiger partial charge >= 0.3 is 0 Å². The summed E-state index contributed by atoms with van der Waals surface area (Å²) >= 11 is 0. The summed E-state index contributed by atoms with van der Waals surface area (Å²) in [6.07, 6.45) is 8.21. The zero-order valence-electron chi connectivity index (χ0n) is 12.5. The lowest BCUT2D eigenvalue weighted by Gasteiger charge is -2.37. The number of benzene rings is 1. The van der Waals surface area contributed by atoms with Crippen molar-refractivity contribution >= 4 is 0 Å². The van der Waals surface area contributed by atoms with Crippen LogP contribution in [0.25, 0.3) is 0 Å². The smallest absolute Gasteiger partial charge is 0.173 e. The van der Waals surface area contributed by atoms with Gasteiger partial charge in [-0.05, 0) is 18.9 Å². The van der Waals surface area contributed by atoms with Crippen molar-refractivity contribution in [2.24, 2.45) is 0 Å². The summed E-state index contributed by atoms with van der Waals surface area (Å²) in [5.41, 5.74) is 2.54. The molecule has 2 heterocycles. The first-order valence-electron chi connectivity index (χ1n) is 7.55. The Morgan fingerprint density at radius 1 is 1.29 bits per heavy atom. The molecule has 1 aliphatic rings. The zero-order valence-corrected chi connectivity index (χ0v) is 12.5. The van der Waals surface area contributed by atoms with E-state index in [-0.39, 0.29) is 0 Å². The Kier molecular flexibility index (Phi) is 4.36. The van der Waals surface area contributed by atoms with Gasteiger partial charge in [0.25, 0.3) is 0 Å². The fourth-order valence-corrected chi connectivity index (χ4v) is 2.80. The molecule has 0 atom stereocenters. The highest BCUT2D eigenvalue weighted by molar-refractivity contribution is 5.23. The SMILES string of the molecule is Cc1cccc(CC2(CCn3ccnc3)OCCCO2)c1. The van der Waals surface area contributed by atoms with Crippen LogP contribution in [0, 0.1) is 6.92 Å². The van der Waals surface area contributed by atoms with Gasteiger partial charge in [-0.2, -0.15) is 0 Å². The first-order chi connectivity index (χ1) is 10.3. The van der Waals surface area contributed by atoms with Crippen LogP contribution < -0.4 is 0 Å². The third kappa shape index (κ3) is 3.71. The number of rotatable bonds is 5. The molecule has 4 nitrogen and oxygen atoms in total. The number of aromatic nitrogens is 2. The number of ether oxygens (including phenoxy) is 2. The van der Waals surface area contributed by atoms with Crippen LogP contribution in [-0.2, 0) is 22.4 Å². The minimum atomic E-state index is -0.504. The van der Waals surface area contributed by atoms with E-state index in [0.717, 1.165) is 39.0 Å². The summed E-state index contributed by atoms with van der Waals surface area (Å²) < 4.78 is 14.2. The van der Waals surface area contributed by atoms with E-state index in [2.05, 4.69) is 40.7 Å². The average Bonchev–Trinajstić information content (AvgIpc) is 3.00. The van der Waals surface area contributed by atoms with Gasteiger partial charge in [-0.15, -0.1) is 0 Å². The standard InChI is InChI=1S/C17H22N2O2/c1-15-4-2-5-16(12-15)13-17(20-10-3-11-21-17)6-8-19-9-7-18-14-19/h2,4-5,7,9,12,14H,3,6,8,10-11,13H2,1H3. The lowest BCUT2D eigenvalue weighted by atomic mass is 9.99. The fourth-order valence-electron chi connectivity index (χ4n) is 2.80. The van der Waals surface area contributed by atoms with Gasteiger partial charge in [-0.3, -0.25) is 0 Å². The summed E-state index contributed by atoms with van der Waals surface area (Å²) in [6, 6.07) is 8.56. The quantitative estimate of drug-likeness (QED) is 0.848. The molecular weight excluding hydrogens is 264 g/mol. The molecule has 1 aliphatic heterocycles. The minimum Gasteiger partial charge on any atom is -0.349 e. The Hall–Kier alpha value is -1.65. The molecule has 0 radical (unpaired) electrons. The number of imidazole rings is 1. The van der Waals surface area contributed by atoms with Gasteiger partial charge in [-0.1, -0.05) is 29.8 Å². The van der Waals surface area contributed by atoms with Crippen molar-refractivity contribution in [2.75, 3.05) is 13.2 Å². The molecule has 0 saturated carbocycles. The summed E-state index contributed by atoms with van der Waals surface area (Å²) in [5.74, 6) is -0.504. The molecule has 4 heteroatoms. The number of hydrogen-bond acceptors (Lipinski definition) is 3. The van der Waals surface area contributed by atoms with E-state index in [1.165, 1.54) is 11.1 Å². The highest BCUT2D eigenvalue weighted by Crippen LogP contribution is 2.28. The van der Waals surface area contributed by atoms with Gasteiger partial charge in [0.2, 0.25) is 0 Å². The largest absolute Gasteiger partial charge is 0.349 e. The van der Waals surface area contributed by atoms with Crippen molar-refractivity contribution < 1.29 is 9.47 Å². The maximum absolute atomic E-state index is 6.05. The third-order valence-electron chi connectivity index (χ3n) is 3.88. The van der Waals surface area contributed by atoms with Crippen LogP contribution in [0.3, 0.4) is 0 Å². The first kappa shape index (κ1) is 14.3. The second-order valence-electron chi connectivity index (χ2n) is 5.68. The Morgan fingerprint density at radius 3 is 2.86 bits per heavy atom.